The molecular weight excluding hydrogens is 300 g/mol. The Morgan fingerprint density at radius 3 is 2.68 bits per heavy atom. The zero-order valence-corrected chi connectivity index (χ0v) is 13.4. The summed E-state index contributed by atoms with van der Waals surface area (Å²) in [7, 11) is 1.31. The Bertz CT molecular complexity index is 640. The minimum atomic E-state index is -0.386. The number of aromatic nitrogens is 1. The summed E-state index contributed by atoms with van der Waals surface area (Å²) < 4.78 is 4.51. The molecule has 0 radical (unpaired) electrons. The average Bonchev–Trinajstić information content (AvgIpc) is 3.03. The van der Waals surface area contributed by atoms with Crippen molar-refractivity contribution in [3.63, 3.8) is 0 Å². The van der Waals surface area contributed by atoms with Gasteiger partial charge in [0.25, 0.3) is 0 Å². The molecule has 1 aromatic carbocycles. The van der Waals surface area contributed by atoms with E-state index in [0.717, 1.165) is 16.3 Å². The fourth-order valence-electron chi connectivity index (χ4n) is 1.92. The standard InChI is InChI=1S/C16H18N2O3S/c1-11(17-14(19)8-9-15(20)21-2)16-18-13(10-22-16)12-6-4-3-5-7-12/h3-7,10-11H,8-9H2,1-2H3,(H,17,19)/t11-/m1/s1. The third-order valence-corrected chi connectivity index (χ3v) is 4.15. The molecule has 1 atom stereocenters. The van der Waals surface area contributed by atoms with Crippen molar-refractivity contribution in [1.82, 2.24) is 10.3 Å². The van der Waals surface area contributed by atoms with E-state index in [4.69, 9.17) is 0 Å². The summed E-state index contributed by atoms with van der Waals surface area (Å²) in [5, 5.41) is 5.65. The highest BCUT2D eigenvalue weighted by atomic mass is 32.1. The number of benzene rings is 1. The molecule has 0 aliphatic carbocycles. The van der Waals surface area contributed by atoms with Crippen LogP contribution in [0.3, 0.4) is 0 Å². The van der Waals surface area contributed by atoms with Crippen LogP contribution in [0, 0.1) is 0 Å². The summed E-state index contributed by atoms with van der Waals surface area (Å²) in [6.07, 6.45) is 0.204. The van der Waals surface area contributed by atoms with Crippen LogP contribution in [0.2, 0.25) is 0 Å². The SMILES string of the molecule is COC(=O)CCC(=O)N[C@H](C)c1nc(-c2ccccc2)cs1. The second-order valence-electron chi connectivity index (χ2n) is 4.80. The molecule has 1 N–H and O–H groups in total. The molecule has 1 aromatic heterocycles. The number of hydrogen-bond acceptors (Lipinski definition) is 5. The Labute approximate surface area is 133 Å². The topological polar surface area (TPSA) is 68.3 Å². The van der Waals surface area contributed by atoms with Gasteiger partial charge < -0.3 is 10.1 Å². The molecule has 22 heavy (non-hydrogen) atoms. The van der Waals surface area contributed by atoms with E-state index in [2.05, 4.69) is 15.0 Å². The molecule has 116 valence electrons. The predicted molar refractivity (Wildman–Crippen MR) is 85.4 cm³/mol. The van der Waals surface area contributed by atoms with E-state index in [1.165, 1.54) is 18.4 Å². The highest BCUT2D eigenvalue weighted by molar-refractivity contribution is 7.10. The first-order chi connectivity index (χ1) is 10.6. The van der Waals surface area contributed by atoms with Crippen molar-refractivity contribution in [3.05, 3.63) is 40.7 Å². The number of carbonyl (C=O) groups excluding carboxylic acids is 2. The highest BCUT2D eigenvalue weighted by Crippen LogP contribution is 2.25. The van der Waals surface area contributed by atoms with Gasteiger partial charge in [-0.15, -0.1) is 11.3 Å². The van der Waals surface area contributed by atoms with Crippen LogP contribution >= 0.6 is 11.3 Å². The van der Waals surface area contributed by atoms with Gasteiger partial charge in [0.2, 0.25) is 5.91 Å². The Balaban J connectivity index is 1.93. The number of methoxy groups -OCH3 is 1. The third-order valence-electron chi connectivity index (χ3n) is 3.12. The van der Waals surface area contributed by atoms with Gasteiger partial charge in [0.05, 0.1) is 25.3 Å². The summed E-state index contributed by atoms with van der Waals surface area (Å²) in [4.78, 5) is 27.4. The normalized spacial score (nSPS) is 11.7. The van der Waals surface area contributed by atoms with Crippen LogP contribution in [-0.2, 0) is 14.3 Å². The van der Waals surface area contributed by atoms with E-state index in [1.807, 2.05) is 42.6 Å². The lowest BCUT2D eigenvalue weighted by Gasteiger charge is -2.10. The van der Waals surface area contributed by atoms with Gasteiger partial charge in [0.1, 0.15) is 5.01 Å². The molecule has 6 heteroatoms. The van der Waals surface area contributed by atoms with Crippen molar-refractivity contribution < 1.29 is 14.3 Å². The van der Waals surface area contributed by atoms with Crippen LogP contribution < -0.4 is 5.32 Å². The first kappa shape index (κ1) is 16.2. The lowest BCUT2D eigenvalue weighted by Crippen LogP contribution is -2.27. The summed E-state index contributed by atoms with van der Waals surface area (Å²) in [5.74, 6) is -0.572. The van der Waals surface area contributed by atoms with Crippen LogP contribution in [0.1, 0.15) is 30.8 Å². The molecule has 0 aliphatic heterocycles. The Hall–Kier alpha value is -2.21. The molecule has 0 unspecified atom stereocenters. The van der Waals surface area contributed by atoms with Crippen molar-refractivity contribution in [1.29, 1.82) is 0 Å². The van der Waals surface area contributed by atoms with Gasteiger partial charge in [-0.25, -0.2) is 4.98 Å². The van der Waals surface area contributed by atoms with E-state index >= 15 is 0 Å². The lowest BCUT2D eigenvalue weighted by molar-refractivity contribution is -0.142. The number of carbonyl (C=O) groups is 2. The molecule has 1 heterocycles. The molecule has 0 aliphatic rings. The number of hydrogen-bond donors (Lipinski definition) is 1. The van der Waals surface area contributed by atoms with Crippen molar-refractivity contribution in [2.45, 2.75) is 25.8 Å². The summed E-state index contributed by atoms with van der Waals surface area (Å²) in [6, 6.07) is 9.70. The first-order valence-corrected chi connectivity index (χ1v) is 7.85. The van der Waals surface area contributed by atoms with Crippen molar-refractivity contribution >= 4 is 23.2 Å². The molecule has 0 saturated heterocycles. The number of ether oxygens (including phenoxy) is 1. The van der Waals surface area contributed by atoms with Gasteiger partial charge in [0.15, 0.2) is 0 Å². The van der Waals surface area contributed by atoms with Crippen LogP contribution in [0.5, 0.6) is 0 Å². The van der Waals surface area contributed by atoms with Gasteiger partial charge in [-0.1, -0.05) is 30.3 Å². The van der Waals surface area contributed by atoms with Crippen LogP contribution in [-0.4, -0.2) is 24.0 Å². The van der Waals surface area contributed by atoms with Gasteiger partial charge in [-0.05, 0) is 6.92 Å². The highest BCUT2D eigenvalue weighted by Gasteiger charge is 2.15. The Morgan fingerprint density at radius 1 is 1.27 bits per heavy atom. The molecule has 2 rings (SSSR count). The van der Waals surface area contributed by atoms with E-state index in [9.17, 15) is 9.59 Å². The minimum Gasteiger partial charge on any atom is -0.469 e. The first-order valence-electron chi connectivity index (χ1n) is 6.97. The molecule has 0 spiro atoms. The largest absolute Gasteiger partial charge is 0.469 e. The number of nitrogens with zero attached hydrogens (tertiary/aromatic N) is 1. The fourth-order valence-corrected chi connectivity index (χ4v) is 2.76. The van der Waals surface area contributed by atoms with Crippen molar-refractivity contribution in [3.8, 4) is 11.3 Å². The van der Waals surface area contributed by atoms with E-state index in [0.29, 0.717) is 0 Å². The van der Waals surface area contributed by atoms with Crippen LogP contribution in [0.4, 0.5) is 0 Å². The second-order valence-corrected chi connectivity index (χ2v) is 5.69. The number of rotatable bonds is 6. The van der Waals surface area contributed by atoms with E-state index in [-0.39, 0.29) is 30.8 Å². The maximum atomic E-state index is 11.8. The molecule has 0 fully saturated rings. The monoisotopic (exact) mass is 318 g/mol. The zero-order chi connectivity index (χ0) is 15.9. The minimum absolute atomic E-state index is 0.0855. The molecular formula is C16H18N2O3S. The fraction of sp³-hybridized carbons (Fsp3) is 0.312. The number of nitrogens with one attached hydrogen (secondary N) is 1. The molecule has 2 aromatic rings. The van der Waals surface area contributed by atoms with E-state index in [1.54, 1.807) is 0 Å². The maximum absolute atomic E-state index is 11.8. The molecule has 5 nitrogen and oxygen atoms in total. The van der Waals surface area contributed by atoms with Crippen molar-refractivity contribution in [2.24, 2.45) is 0 Å². The summed E-state index contributed by atoms with van der Waals surface area (Å²) >= 11 is 1.51. The lowest BCUT2D eigenvalue weighted by atomic mass is 10.2. The van der Waals surface area contributed by atoms with Crippen molar-refractivity contribution in [2.75, 3.05) is 7.11 Å². The smallest absolute Gasteiger partial charge is 0.306 e. The zero-order valence-electron chi connectivity index (χ0n) is 12.5. The van der Waals surface area contributed by atoms with Crippen LogP contribution in [0.25, 0.3) is 11.3 Å². The Kier molecular flexibility index (Phi) is 5.66. The quantitative estimate of drug-likeness (QED) is 0.832. The van der Waals surface area contributed by atoms with Gasteiger partial charge >= 0.3 is 5.97 Å². The third kappa shape index (κ3) is 4.39. The second kappa shape index (κ2) is 7.70. The number of thiazole rings is 1. The number of amides is 1. The van der Waals surface area contributed by atoms with Crippen LogP contribution in [0.15, 0.2) is 35.7 Å². The summed E-state index contributed by atoms with van der Waals surface area (Å²) in [6.45, 7) is 1.88. The number of esters is 1. The van der Waals surface area contributed by atoms with E-state index < -0.39 is 0 Å². The van der Waals surface area contributed by atoms with Gasteiger partial charge in [-0.2, -0.15) is 0 Å². The Morgan fingerprint density at radius 2 is 2.00 bits per heavy atom. The molecule has 0 saturated carbocycles. The van der Waals surface area contributed by atoms with Gasteiger partial charge in [-0.3, -0.25) is 9.59 Å². The summed E-state index contributed by atoms with van der Waals surface area (Å²) in [5.41, 5.74) is 1.95. The van der Waals surface area contributed by atoms with Gasteiger partial charge in [0, 0.05) is 17.4 Å². The maximum Gasteiger partial charge on any atom is 0.306 e. The molecule has 1 amide bonds. The average molecular weight is 318 g/mol. The molecule has 0 bridgehead atoms. The predicted octanol–water partition coefficient (Wildman–Crippen LogP) is 2.94.